The number of allylic oxidation sites excluding steroid dienone is 7. The first-order valence-corrected chi connectivity index (χ1v) is 12.9. The minimum Gasteiger partial charge on any atom is -0.357 e. The Morgan fingerprint density at radius 2 is 1.84 bits per heavy atom. The van der Waals surface area contributed by atoms with E-state index in [1.807, 2.05) is 39.1 Å². The lowest BCUT2D eigenvalue weighted by molar-refractivity contribution is 1.09. The highest BCUT2D eigenvalue weighted by Crippen LogP contribution is 2.33. The van der Waals surface area contributed by atoms with E-state index in [2.05, 4.69) is 109 Å². The molecule has 4 aromatic rings. The van der Waals surface area contributed by atoms with Gasteiger partial charge in [-0.15, -0.1) is 0 Å². The Hall–Kier alpha value is -4.18. The molecule has 0 unspecified atom stereocenters. The van der Waals surface area contributed by atoms with Crippen LogP contribution in [0.2, 0.25) is 0 Å². The average molecular weight is 491 g/mol. The molecular formula is C33H38N4. The average Bonchev–Trinajstić information content (AvgIpc) is 3.52. The first-order valence-electron chi connectivity index (χ1n) is 12.9. The lowest BCUT2D eigenvalue weighted by atomic mass is 9.96. The van der Waals surface area contributed by atoms with Crippen LogP contribution in [-0.4, -0.2) is 20.2 Å². The predicted octanol–water partition coefficient (Wildman–Crippen LogP) is 9.14. The molecule has 0 amide bonds. The molecule has 3 aromatic heterocycles. The Balaban J connectivity index is 0.00000186. The third-order valence-corrected chi connectivity index (χ3v) is 6.25. The number of nitrogens with zero attached hydrogens (tertiary/aromatic N) is 2. The van der Waals surface area contributed by atoms with Gasteiger partial charge in [-0.2, -0.15) is 5.10 Å². The van der Waals surface area contributed by atoms with E-state index in [1.54, 1.807) is 0 Å². The Labute approximate surface area is 221 Å². The van der Waals surface area contributed by atoms with Crippen LogP contribution >= 0.6 is 0 Å². The topological polar surface area (TPSA) is 57.4 Å². The summed E-state index contributed by atoms with van der Waals surface area (Å²) in [5.41, 5.74) is 11.7. The van der Waals surface area contributed by atoms with Gasteiger partial charge >= 0.3 is 0 Å². The maximum atomic E-state index is 4.63. The molecule has 2 N–H and O–H groups in total. The van der Waals surface area contributed by atoms with Crippen LogP contribution in [0.4, 0.5) is 0 Å². The van der Waals surface area contributed by atoms with Crippen molar-refractivity contribution in [2.75, 3.05) is 0 Å². The van der Waals surface area contributed by atoms with Gasteiger partial charge in [0.1, 0.15) is 0 Å². The number of aryl methyl sites for hydroxylation is 2. The number of nitrogens with one attached hydrogen (secondary N) is 2. The van der Waals surface area contributed by atoms with Crippen LogP contribution in [0.3, 0.4) is 0 Å². The number of hydrogen-bond donors (Lipinski definition) is 2. The molecule has 0 aliphatic rings. The fraction of sp³-hybridized carbons (Fsp3) is 0.212. The molecule has 0 radical (unpaired) electrons. The van der Waals surface area contributed by atoms with Crippen LogP contribution < -0.4 is 0 Å². The zero-order valence-electron chi connectivity index (χ0n) is 22.9. The van der Waals surface area contributed by atoms with Gasteiger partial charge in [-0.05, 0) is 61.6 Å². The maximum Gasteiger partial charge on any atom is 0.181 e. The molecule has 3 heterocycles. The molecule has 0 aliphatic carbocycles. The molecule has 1 aromatic carbocycles. The molecule has 0 spiro atoms. The van der Waals surface area contributed by atoms with E-state index in [4.69, 9.17) is 0 Å². The summed E-state index contributed by atoms with van der Waals surface area (Å²) in [5, 5.41) is 8.65. The van der Waals surface area contributed by atoms with Gasteiger partial charge < -0.3 is 4.98 Å². The zero-order valence-corrected chi connectivity index (χ0v) is 22.9. The summed E-state index contributed by atoms with van der Waals surface area (Å²) in [6.45, 7) is 20.3. The summed E-state index contributed by atoms with van der Waals surface area (Å²) >= 11 is 0. The number of H-pyrrole nitrogens is 2. The standard InChI is InChI=1S/C31H32N4.C2H6/c1-7-12-26(24-14-11-13-20(5)15-24)27-18-29(33-21(27)6)30-28-17-25(19-32-31(28)35-34-30)23(10-4)16-22(8-2)9-3;1-2/h7-8,10-19,33H,1-2,9H2,3-6H3,(H,32,34,35);1-2H3/b22-16+,23-10+,26-12-;. The third-order valence-electron chi connectivity index (χ3n) is 6.25. The highest BCUT2D eigenvalue weighted by atomic mass is 15.2. The van der Waals surface area contributed by atoms with E-state index in [9.17, 15) is 0 Å². The Bertz CT molecular complexity index is 1490. The molecule has 0 aliphatic heterocycles. The number of aromatic nitrogens is 4. The third kappa shape index (κ3) is 5.97. The van der Waals surface area contributed by atoms with Crippen molar-refractivity contribution >= 4 is 22.2 Å². The minimum absolute atomic E-state index is 0.692. The number of benzene rings is 1. The van der Waals surface area contributed by atoms with Crippen LogP contribution in [0.5, 0.6) is 0 Å². The smallest absolute Gasteiger partial charge is 0.181 e. The number of rotatable bonds is 8. The van der Waals surface area contributed by atoms with Crippen LogP contribution in [0.1, 0.15) is 62.1 Å². The van der Waals surface area contributed by atoms with E-state index < -0.39 is 0 Å². The zero-order chi connectivity index (χ0) is 26.9. The molecule has 4 rings (SSSR count). The summed E-state index contributed by atoms with van der Waals surface area (Å²) in [5.74, 6) is 0. The number of fused-ring (bicyclic) bond motifs is 1. The van der Waals surface area contributed by atoms with Gasteiger partial charge in [-0.25, -0.2) is 4.98 Å². The van der Waals surface area contributed by atoms with Crippen molar-refractivity contribution in [2.24, 2.45) is 0 Å². The molecule has 190 valence electrons. The van der Waals surface area contributed by atoms with Crippen molar-refractivity contribution in [3.63, 3.8) is 0 Å². The van der Waals surface area contributed by atoms with E-state index in [0.29, 0.717) is 5.65 Å². The molecule has 0 atom stereocenters. The lowest BCUT2D eigenvalue weighted by Crippen LogP contribution is -1.89. The van der Waals surface area contributed by atoms with Gasteiger partial charge in [0.05, 0.1) is 11.4 Å². The Morgan fingerprint density at radius 1 is 1.05 bits per heavy atom. The summed E-state index contributed by atoms with van der Waals surface area (Å²) in [6, 6.07) is 12.9. The second-order valence-corrected chi connectivity index (χ2v) is 8.62. The fourth-order valence-electron chi connectivity index (χ4n) is 4.35. The van der Waals surface area contributed by atoms with Gasteiger partial charge in [0.2, 0.25) is 0 Å². The quantitative estimate of drug-likeness (QED) is 0.242. The second-order valence-electron chi connectivity index (χ2n) is 8.62. The van der Waals surface area contributed by atoms with Crippen LogP contribution in [0, 0.1) is 13.8 Å². The first kappa shape index (κ1) is 27.4. The fourth-order valence-corrected chi connectivity index (χ4v) is 4.35. The minimum atomic E-state index is 0.692. The van der Waals surface area contributed by atoms with Crippen LogP contribution in [-0.2, 0) is 0 Å². The normalized spacial score (nSPS) is 12.3. The highest BCUT2D eigenvalue weighted by Gasteiger charge is 2.16. The molecule has 0 saturated carbocycles. The highest BCUT2D eigenvalue weighted by molar-refractivity contribution is 5.94. The van der Waals surface area contributed by atoms with Crippen molar-refractivity contribution < 1.29 is 0 Å². The molecule has 0 bridgehead atoms. The van der Waals surface area contributed by atoms with Crippen LogP contribution in [0.25, 0.3) is 33.6 Å². The summed E-state index contributed by atoms with van der Waals surface area (Å²) in [4.78, 5) is 8.19. The lowest BCUT2D eigenvalue weighted by Gasteiger charge is -2.08. The van der Waals surface area contributed by atoms with Crippen molar-refractivity contribution in [2.45, 2.75) is 48.0 Å². The van der Waals surface area contributed by atoms with E-state index in [1.165, 1.54) is 11.1 Å². The van der Waals surface area contributed by atoms with E-state index in [-0.39, 0.29) is 0 Å². The summed E-state index contributed by atoms with van der Waals surface area (Å²) in [7, 11) is 0. The number of aromatic amines is 2. The second kappa shape index (κ2) is 12.7. The van der Waals surface area contributed by atoms with E-state index >= 15 is 0 Å². The maximum absolute atomic E-state index is 4.63. The van der Waals surface area contributed by atoms with Crippen molar-refractivity contribution in [1.29, 1.82) is 0 Å². The molecule has 4 heteroatoms. The Kier molecular flexibility index (Phi) is 9.39. The molecule has 4 nitrogen and oxygen atoms in total. The van der Waals surface area contributed by atoms with E-state index in [0.717, 1.165) is 56.7 Å². The van der Waals surface area contributed by atoms with Gasteiger partial charge in [0.25, 0.3) is 0 Å². The van der Waals surface area contributed by atoms with Gasteiger partial charge in [0.15, 0.2) is 5.65 Å². The van der Waals surface area contributed by atoms with Crippen molar-refractivity contribution in [1.82, 2.24) is 20.2 Å². The number of pyridine rings is 1. The molecule has 0 fully saturated rings. The summed E-state index contributed by atoms with van der Waals surface area (Å²) in [6.07, 6.45) is 12.9. The van der Waals surface area contributed by atoms with Crippen molar-refractivity contribution in [3.8, 4) is 11.4 Å². The van der Waals surface area contributed by atoms with Crippen molar-refractivity contribution in [3.05, 3.63) is 120 Å². The molecule has 0 saturated heterocycles. The molecular weight excluding hydrogens is 452 g/mol. The monoisotopic (exact) mass is 490 g/mol. The number of hydrogen-bond acceptors (Lipinski definition) is 2. The van der Waals surface area contributed by atoms with Gasteiger partial charge in [-0.3, -0.25) is 5.10 Å². The SMILES string of the molecule is C=C/C=C(/c1cccc(C)c1)c1cc(-c2[nH]nc3ncc(C(/C=C(\C=C)CC)=C/C)cc23)[nH]c1C.CC. The van der Waals surface area contributed by atoms with Gasteiger partial charge in [0, 0.05) is 28.4 Å². The molecule has 37 heavy (non-hydrogen) atoms. The Morgan fingerprint density at radius 3 is 2.49 bits per heavy atom. The first-order chi connectivity index (χ1) is 18.0. The predicted molar refractivity (Wildman–Crippen MR) is 160 cm³/mol. The van der Waals surface area contributed by atoms with Gasteiger partial charge in [-0.1, -0.05) is 94.1 Å². The van der Waals surface area contributed by atoms with Crippen LogP contribution in [0.15, 0.2) is 91.7 Å². The largest absolute Gasteiger partial charge is 0.357 e. The summed E-state index contributed by atoms with van der Waals surface area (Å²) < 4.78 is 0.